The van der Waals surface area contributed by atoms with E-state index >= 15 is 0 Å². The van der Waals surface area contributed by atoms with Crippen molar-refractivity contribution in [2.75, 3.05) is 12.1 Å². The van der Waals surface area contributed by atoms with Gasteiger partial charge in [-0.2, -0.15) is 4.21 Å². The molecule has 72 valence electrons. The van der Waals surface area contributed by atoms with Crippen molar-refractivity contribution in [1.29, 1.82) is 0 Å². The van der Waals surface area contributed by atoms with Crippen molar-refractivity contribution in [3.8, 4) is 0 Å². The fraction of sp³-hybridized carbons (Fsp3) is 0.143. The molecule has 6 heteroatoms. The van der Waals surface area contributed by atoms with Crippen molar-refractivity contribution < 1.29 is 13.0 Å². The van der Waals surface area contributed by atoms with Crippen molar-refractivity contribution in [1.82, 2.24) is 0 Å². The smallest absolute Gasteiger partial charge is 0.282 e. The first-order valence-electron chi connectivity index (χ1n) is 3.38. The second-order valence-corrected chi connectivity index (χ2v) is 3.29. The van der Waals surface area contributed by atoms with E-state index in [0.717, 1.165) is 0 Å². The topological polar surface area (TPSA) is 49.8 Å². The summed E-state index contributed by atoms with van der Waals surface area (Å²) in [5.41, 5.74) is 0.606. The Hall–Kier alpha value is -0.620. The monoisotopic (exact) mass is 221 g/mol. The van der Waals surface area contributed by atoms with Gasteiger partial charge in [0.2, 0.25) is 0 Å². The van der Waals surface area contributed by atoms with Gasteiger partial charge in [-0.25, -0.2) is 5.06 Å². The van der Waals surface area contributed by atoms with Gasteiger partial charge in [-0.3, -0.25) is 4.55 Å². The number of hydrogen-bond acceptors (Lipinski definition) is 3. The Morgan fingerprint density at radius 1 is 1.62 bits per heavy atom. The van der Waals surface area contributed by atoms with E-state index in [1.54, 1.807) is 24.3 Å². The molecule has 0 aliphatic heterocycles. The van der Waals surface area contributed by atoms with Gasteiger partial charge in [0.15, 0.2) is 0 Å². The van der Waals surface area contributed by atoms with E-state index in [1.165, 1.54) is 12.1 Å². The Morgan fingerprint density at radius 3 is 2.85 bits per heavy atom. The highest BCUT2D eigenvalue weighted by Gasteiger charge is 2.04. The minimum Gasteiger partial charge on any atom is -0.282 e. The maximum atomic E-state index is 10.3. The number of rotatable bonds is 3. The molecule has 0 aliphatic carbocycles. The molecule has 1 aromatic rings. The van der Waals surface area contributed by atoms with E-state index in [2.05, 4.69) is 4.28 Å². The van der Waals surface area contributed by atoms with Crippen LogP contribution in [0.25, 0.3) is 0 Å². The van der Waals surface area contributed by atoms with E-state index in [4.69, 9.17) is 16.2 Å². The van der Waals surface area contributed by atoms with E-state index in [9.17, 15) is 4.21 Å². The van der Waals surface area contributed by atoms with Crippen LogP contribution in [0, 0.1) is 0 Å². The Balaban J connectivity index is 2.76. The van der Waals surface area contributed by atoms with Crippen molar-refractivity contribution in [2.45, 2.75) is 0 Å². The van der Waals surface area contributed by atoms with Crippen LogP contribution in [0.5, 0.6) is 0 Å². The molecule has 1 rings (SSSR count). The highest BCUT2D eigenvalue weighted by atomic mass is 35.5. The molecule has 0 bridgehead atoms. The SMILES string of the molecule is CN(OS(=O)O)c1cccc(Cl)c1. The minimum atomic E-state index is -2.32. The van der Waals surface area contributed by atoms with Gasteiger partial charge in [-0.1, -0.05) is 17.7 Å². The summed E-state index contributed by atoms with van der Waals surface area (Å²) in [6.07, 6.45) is 0. The van der Waals surface area contributed by atoms with Gasteiger partial charge in [-0.05, 0) is 18.2 Å². The molecular formula is C7H8ClNO3S. The summed E-state index contributed by atoms with van der Waals surface area (Å²) in [6.45, 7) is 0. The zero-order chi connectivity index (χ0) is 9.84. The predicted molar refractivity (Wildman–Crippen MR) is 51.7 cm³/mol. The van der Waals surface area contributed by atoms with Gasteiger partial charge in [0, 0.05) is 12.1 Å². The summed E-state index contributed by atoms with van der Waals surface area (Å²) in [5.74, 6) is 0. The number of hydroxylamine groups is 1. The van der Waals surface area contributed by atoms with Crippen LogP contribution in [0.3, 0.4) is 0 Å². The van der Waals surface area contributed by atoms with Crippen molar-refractivity contribution in [3.63, 3.8) is 0 Å². The summed E-state index contributed by atoms with van der Waals surface area (Å²) in [5, 5.41) is 1.71. The highest BCUT2D eigenvalue weighted by Crippen LogP contribution is 2.18. The molecule has 1 aromatic carbocycles. The normalized spacial score (nSPS) is 12.5. The zero-order valence-electron chi connectivity index (χ0n) is 6.81. The van der Waals surface area contributed by atoms with Crippen molar-refractivity contribution in [2.24, 2.45) is 0 Å². The Morgan fingerprint density at radius 2 is 2.31 bits per heavy atom. The minimum absolute atomic E-state index is 0.539. The van der Waals surface area contributed by atoms with Gasteiger partial charge in [0.05, 0.1) is 5.69 Å². The average Bonchev–Trinajstić information content (AvgIpc) is 2.03. The van der Waals surface area contributed by atoms with Crippen LogP contribution in [-0.4, -0.2) is 15.8 Å². The number of benzene rings is 1. The van der Waals surface area contributed by atoms with Crippen molar-refractivity contribution in [3.05, 3.63) is 29.3 Å². The molecule has 0 aromatic heterocycles. The Kier molecular flexibility index (Phi) is 3.68. The molecular weight excluding hydrogens is 214 g/mol. The lowest BCUT2D eigenvalue weighted by atomic mass is 10.3. The molecule has 0 spiro atoms. The Bertz CT molecular complexity index is 320. The third-order valence-electron chi connectivity index (χ3n) is 1.35. The average molecular weight is 222 g/mol. The van der Waals surface area contributed by atoms with Gasteiger partial charge < -0.3 is 0 Å². The summed E-state index contributed by atoms with van der Waals surface area (Å²) < 4.78 is 23.2. The maximum absolute atomic E-state index is 10.3. The zero-order valence-corrected chi connectivity index (χ0v) is 8.38. The maximum Gasteiger partial charge on any atom is 0.325 e. The standard InChI is InChI=1S/C7H8ClNO3S/c1-9(12-13(10)11)7-4-2-3-6(8)5-7/h2-5H,1H3,(H,10,11). The van der Waals surface area contributed by atoms with Crippen LogP contribution in [0.1, 0.15) is 0 Å². The van der Waals surface area contributed by atoms with Crippen LogP contribution < -0.4 is 5.06 Å². The second-order valence-electron chi connectivity index (χ2n) is 2.27. The molecule has 0 fully saturated rings. The van der Waals surface area contributed by atoms with Gasteiger partial charge in [0.1, 0.15) is 0 Å². The van der Waals surface area contributed by atoms with Crippen molar-refractivity contribution >= 4 is 28.6 Å². The molecule has 0 amide bonds. The fourth-order valence-corrected chi connectivity index (χ4v) is 1.27. The first-order valence-corrected chi connectivity index (χ1v) is 4.79. The third-order valence-corrected chi connectivity index (χ3v) is 1.93. The molecule has 0 saturated carbocycles. The predicted octanol–water partition coefficient (Wildman–Crippen LogP) is 1.84. The number of halogens is 1. The molecule has 13 heavy (non-hydrogen) atoms. The van der Waals surface area contributed by atoms with E-state index in [1.807, 2.05) is 0 Å². The van der Waals surface area contributed by atoms with E-state index in [-0.39, 0.29) is 0 Å². The van der Waals surface area contributed by atoms with Crippen LogP contribution >= 0.6 is 11.6 Å². The van der Waals surface area contributed by atoms with Gasteiger partial charge in [0.25, 0.3) is 0 Å². The number of nitrogens with zero attached hydrogens (tertiary/aromatic N) is 1. The Labute approximate surface area is 83.5 Å². The first-order chi connectivity index (χ1) is 6.09. The second kappa shape index (κ2) is 4.57. The highest BCUT2D eigenvalue weighted by molar-refractivity contribution is 7.74. The largest absolute Gasteiger partial charge is 0.325 e. The molecule has 1 unspecified atom stereocenters. The van der Waals surface area contributed by atoms with E-state index in [0.29, 0.717) is 10.7 Å². The van der Waals surface area contributed by atoms with Crippen LogP contribution in [0.4, 0.5) is 5.69 Å². The molecule has 0 aliphatic rings. The van der Waals surface area contributed by atoms with Crippen LogP contribution in [0.15, 0.2) is 24.3 Å². The number of anilines is 1. The molecule has 0 saturated heterocycles. The lowest BCUT2D eigenvalue weighted by Gasteiger charge is -2.14. The quantitative estimate of drug-likeness (QED) is 0.625. The van der Waals surface area contributed by atoms with Crippen LogP contribution in [0.2, 0.25) is 5.02 Å². The number of hydrogen-bond donors (Lipinski definition) is 1. The molecule has 0 radical (unpaired) electrons. The summed E-state index contributed by atoms with van der Waals surface area (Å²) in [7, 11) is 1.51. The van der Waals surface area contributed by atoms with Gasteiger partial charge in [-0.15, -0.1) is 4.28 Å². The molecule has 0 heterocycles. The molecule has 1 atom stereocenters. The first kappa shape index (κ1) is 10.5. The molecule has 4 nitrogen and oxygen atoms in total. The summed E-state index contributed by atoms with van der Waals surface area (Å²) >= 11 is 3.38. The third kappa shape index (κ3) is 3.31. The summed E-state index contributed by atoms with van der Waals surface area (Å²) in [4.78, 5) is 0. The molecule has 1 N–H and O–H groups in total. The lowest BCUT2D eigenvalue weighted by molar-refractivity contribution is 0.295. The van der Waals surface area contributed by atoms with Gasteiger partial charge >= 0.3 is 11.4 Å². The summed E-state index contributed by atoms with van der Waals surface area (Å²) in [6, 6.07) is 6.75. The lowest BCUT2D eigenvalue weighted by Crippen LogP contribution is -2.18. The van der Waals surface area contributed by atoms with Crippen LogP contribution in [-0.2, 0) is 15.6 Å². The van der Waals surface area contributed by atoms with E-state index < -0.39 is 11.4 Å². The fourth-order valence-electron chi connectivity index (χ4n) is 0.811.